The van der Waals surface area contributed by atoms with Gasteiger partial charge in [-0.25, -0.2) is 4.98 Å². The summed E-state index contributed by atoms with van der Waals surface area (Å²) in [4.78, 5) is 30.7. The summed E-state index contributed by atoms with van der Waals surface area (Å²) in [5, 5.41) is 2.89. The number of carbonyl (C=O) groups is 2. The van der Waals surface area contributed by atoms with Gasteiger partial charge in [0.25, 0.3) is 5.91 Å². The number of pyridine rings is 1. The topological polar surface area (TPSA) is 75.9 Å². The van der Waals surface area contributed by atoms with Crippen molar-refractivity contribution >= 4 is 17.5 Å². The van der Waals surface area contributed by atoms with E-state index >= 15 is 0 Å². The predicted molar refractivity (Wildman–Crippen MR) is 82.3 cm³/mol. The monoisotopic (exact) mass is 314 g/mol. The molecule has 120 valence electrons. The predicted octanol–water partition coefficient (Wildman–Crippen LogP) is 0.551. The fourth-order valence-electron chi connectivity index (χ4n) is 3.54. The second kappa shape index (κ2) is 5.26. The van der Waals surface area contributed by atoms with Crippen molar-refractivity contribution in [1.82, 2.24) is 19.6 Å². The molecule has 0 unspecified atom stereocenters. The highest BCUT2D eigenvalue weighted by Gasteiger charge is 2.40. The Hall–Kier alpha value is -2.57. The number of aromatic nitrogens is 2. The molecule has 2 saturated heterocycles. The highest BCUT2D eigenvalue weighted by atomic mass is 16.5. The Labute approximate surface area is 133 Å². The smallest absolute Gasteiger partial charge is 0.272 e. The van der Waals surface area contributed by atoms with Crippen LogP contribution in [0.2, 0.25) is 0 Å². The summed E-state index contributed by atoms with van der Waals surface area (Å²) >= 11 is 0. The van der Waals surface area contributed by atoms with Crippen molar-refractivity contribution in [2.45, 2.75) is 6.42 Å². The molecule has 2 fully saturated rings. The van der Waals surface area contributed by atoms with Crippen molar-refractivity contribution < 1.29 is 14.3 Å². The summed E-state index contributed by atoms with van der Waals surface area (Å²) in [6.07, 6.45) is 4.12. The lowest BCUT2D eigenvalue weighted by Crippen LogP contribution is -2.44. The molecular formula is C16H18N4O3. The number of likely N-dealkylation sites (tertiary alicyclic amines) is 1. The van der Waals surface area contributed by atoms with Crippen LogP contribution in [0.1, 0.15) is 16.9 Å². The third kappa shape index (κ3) is 2.23. The zero-order chi connectivity index (χ0) is 16.0. The first kappa shape index (κ1) is 14.0. The molecular weight excluding hydrogens is 296 g/mol. The number of ether oxygens (including phenoxy) is 1. The number of imidazole rings is 1. The second-order valence-electron chi connectivity index (χ2n) is 6.09. The summed E-state index contributed by atoms with van der Waals surface area (Å²) < 4.78 is 6.95. The van der Waals surface area contributed by atoms with Crippen LogP contribution in [0.25, 0.3) is 5.65 Å². The Morgan fingerprint density at radius 3 is 3.17 bits per heavy atom. The zero-order valence-electron chi connectivity index (χ0n) is 12.9. The van der Waals surface area contributed by atoms with Crippen LogP contribution in [-0.4, -0.2) is 52.8 Å². The van der Waals surface area contributed by atoms with Gasteiger partial charge in [0.2, 0.25) is 5.91 Å². The van der Waals surface area contributed by atoms with Crippen LogP contribution in [0.4, 0.5) is 0 Å². The van der Waals surface area contributed by atoms with E-state index in [1.54, 1.807) is 36.0 Å². The van der Waals surface area contributed by atoms with Crippen LogP contribution >= 0.6 is 0 Å². The molecule has 4 rings (SSSR count). The molecule has 2 atom stereocenters. The van der Waals surface area contributed by atoms with E-state index in [0.29, 0.717) is 36.7 Å². The number of carbonyl (C=O) groups excluding carboxylic acids is 2. The first-order valence-corrected chi connectivity index (χ1v) is 7.75. The number of amides is 2. The van der Waals surface area contributed by atoms with Gasteiger partial charge in [-0.3, -0.25) is 14.0 Å². The molecule has 2 aromatic heterocycles. The third-order valence-corrected chi connectivity index (χ3v) is 4.84. The maximum Gasteiger partial charge on any atom is 0.272 e. The van der Waals surface area contributed by atoms with Gasteiger partial charge >= 0.3 is 0 Å². The molecule has 0 aliphatic carbocycles. The molecule has 2 aliphatic rings. The van der Waals surface area contributed by atoms with Gasteiger partial charge in [-0.15, -0.1) is 0 Å². The minimum absolute atomic E-state index is 0.0412. The Morgan fingerprint density at radius 2 is 2.35 bits per heavy atom. The largest absolute Gasteiger partial charge is 0.497 e. The van der Waals surface area contributed by atoms with E-state index < -0.39 is 0 Å². The van der Waals surface area contributed by atoms with Gasteiger partial charge in [0, 0.05) is 43.7 Å². The van der Waals surface area contributed by atoms with Gasteiger partial charge in [0.1, 0.15) is 17.1 Å². The molecule has 7 nitrogen and oxygen atoms in total. The van der Waals surface area contributed by atoms with Crippen LogP contribution < -0.4 is 10.1 Å². The van der Waals surface area contributed by atoms with Crippen molar-refractivity contribution in [3.63, 3.8) is 0 Å². The fourth-order valence-corrected chi connectivity index (χ4v) is 3.54. The van der Waals surface area contributed by atoms with E-state index in [1.807, 2.05) is 4.90 Å². The molecule has 2 aliphatic heterocycles. The number of rotatable bonds is 2. The summed E-state index contributed by atoms with van der Waals surface area (Å²) in [7, 11) is 1.60. The maximum atomic E-state index is 12.8. The summed E-state index contributed by atoms with van der Waals surface area (Å²) in [5.74, 6) is 1.08. The molecule has 0 saturated carbocycles. The highest BCUT2D eigenvalue weighted by molar-refractivity contribution is 5.93. The number of hydrogen-bond acceptors (Lipinski definition) is 4. The van der Waals surface area contributed by atoms with E-state index in [2.05, 4.69) is 10.3 Å². The number of piperidine rings is 1. The van der Waals surface area contributed by atoms with Crippen LogP contribution in [0, 0.1) is 11.8 Å². The SMILES string of the molecule is COc1ccn2c(C(=O)N3CC[C@H]4C(=O)NC[C@H]4C3)cnc2c1. The molecule has 0 aromatic carbocycles. The number of fused-ring (bicyclic) bond motifs is 2. The minimum atomic E-state index is -0.0412. The van der Waals surface area contributed by atoms with Crippen molar-refractivity contribution in [2.24, 2.45) is 11.8 Å². The standard InChI is InChI=1S/C16H18N4O3/c1-23-11-2-5-20-13(8-17-14(20)6-11)16(22)19-4-3-12-10(9-19)7-18-15(12)21/h2,5-6,8,10,12H,3-4,7,9H2,1H3,(H,18,21)/t10-,12+/m0/s1. The summed E-state index contributed by atoms with van der Waals surface area (Å²) in [6, 6.07) is 3.60. The first-order chi connectivity index (χ1) is 11.2. The van der Waals surface area contributed by atoms with Crippen LogP contribution in [0.5, 0.6) is 5.75 Å². The lowest BCUT2D eigenvalue weighted by Gasteiger charge is -2.33. The minimum Gasteiger partial charge on any atom is -0.497 e. The number of nitrogens with one attached hydrogen (secondary N) is 1. The van der Waals surface area contributed by atoms with Crippen molar-refractivity contribution in [3.8, 4) is 5.75 Å². The molecule has 2 aromatic rings. The maximum absolute atomic E-state index is 12.8. The van der Waals surface area contributed by atoms with Gasteiger partial charge < -0.3 is 15.0 Å². The molecule has 0 spiro atoms. The van der Waals surface area contributed by atoms with E-state index in [9.17, 15) is 9.59 Å². The Bertz CT molecular complexity index is 785. The number of nitrogens with zero attached hydrogens (tertiary/aromatic N) is 3. The second-order valence-corrected chi connectivity index (χ2v) is 6.09. The van der Waals surface area contributed by atoms with Gasteiger partial charge in [0.15, 0.2) is 0 Å². The van der Waals surface area contributed by atoms with Gasteiger partial charge in [-0.2, -0.15) is 0 Å². The molecule has 2 amide bonds. The van der Waals surface area contributed by atoms with Crippen LogP contribution in [0.15, 0.2) is 24.5 Å². The lowest BCUT2D eigenvalue weighted by molar-refractivity contribution is -0.123. The van der Waals surface area contributed by atoms with Gasteiger partial charge in [0.05, 0.1) is 13.3 Å². The Kier molecular flexibility index (Phi) is 3.21. The van der Waals surface area contributed by atoms with E-state index in [-0.39, 0.29) is 23.7 Å². The fraction of sp³-hybridized carbons (Fsp3) is 0.438. The quantitative estimate of drug-likeness (QED) is 0.878. The van der Waals surface area contributed by atoms with Gasteiger partial charge in [-0.1, -0.05) is 0 Å². The van der Waals surface area contributed by atoms with Crippen molar-refractivity contribution in [3.05, 3.63) is 30.2 Å². The molecule has 4 heterocycles. The average Bonchev–Trinajstić information content (AvgIpc) is 3.17. The Balaban J connectivity index is 1.59. The number of hydrogen-bond donors (Lipinski definition) is 1. The molecule has 7 heteroatoms. The highest BCUT2D eigenvalue weighted by Crippen LogP contribution is 2.28. The first-order valence-electron chi connectivity index (χ1n) is 7.75. The lowest BCUT2D eigenvalue weighted by atomic mass is 9.88. The van der Waals surface area contributed by atoms with Gasteiger partial charge in [-0.05, 0) is 12.5 Å². The Morgan fingerprint density at radius 1 is 1.48 bits per heavy atom. The molecule has 1 N–H and O–H groups in total. The van der Waals surface area contributed by atoms with E-state index in [0.717, 1.165) is 6.42 Å². The molecule has 0 bridgehead atoms. The van der Waals surface area contributed by atoms with Crippen LogP contribution in [0.3, 0.4) is 0 Å². The summed E-state index contributed by atoms with van der Waals surface area (Å²) in [6.45, 7) is 1.89. The van der Waals surface area contributed by atoms with E-state index in [4.69, 9.17) is 4.74 Å². The van der Waals surface area contributed by atoms with Crippen LogP contribution in [-0.2, 0) is 4.79 Å². The zero-order valence-corrected chi connectivity index (χ0v) is 12.9. The third-order valence-electron chi connectivity index (χ3n) is 4.84. The average molecular weight is 314 g/mol. The number of methoxy groups -OCH3 is 1. The molecule has 0 radical (unpaired) electrons. The van der Waals surface area contributed by atoms with E-state index in [1.165, 1.54) is 0 Å². The normalized spacial score (nSPS) is 23.7. The molecule has 23 heavy (non-hydrogen) atoms. The van der Waals surface area contributed by atoms with Crippen molar-refractivity contribution in [2.75, 3.05) is 26.7 Å². The summed E-state index contributed by atoms with van der Waals surface area (Å²) in [5.41, 5.74) is 1.22. The van der Waals surface area contributed by atoms with Crippen molar-refractivity contribution in [1.29, 1.82) is 0 Å².